The molecule has 1 spiro atoms. The second kappa shape index (κ2) is 7.87. The van der Waals surface area contributed by atoms with E-state index in [1.807, 2.05) is 0 Å². The molecule has 9 nitrogen and oxygen atoms in total. The quantitative estimate of drug-likeness (QED) is 0.573. The molecule has 1 aromatic carbocycles. The molecule has 0 bridgehead atoms. The van der Waals surface area contributed by atoms with Crippen LogP contribution in [0, 0.1) is 6.92 Å². The normalized spacial score (nSPS) is 18.2. The van der Waals surface area contributed by atoms with E-state index in [0.717, 1.165) is 5.56 Å². The summed E-state index contributed by atoms with van der Waals surface area (Å²) in [5.41, 5.74) is 6.13. The number of anilines is 1. The van der Waals surface area contributed by atoms with Gasteiger partial charge in [0.15, 0.2) is 0 Å². The van der Waals surface area contributed by atoms with Gasteiger partial charge in [-0.1, -0.05) is 18.2 Å². The maximum absolute atomic E-state index is 14.1. The number of nitrogens with two attached hydrogens (primary N) is 1. The molecule has 0 saturated carbocycles. The van der Waals surface area contributed by atoms with E-state index in [1.165, 1.54) is 4.57 Å². The fourth-order valence-corrected chi connectivity index (χ4v) is 4.72. The molecule has 1 amide bonds. The molecule has 1 unspecified atom stereocenters. The summed E-state index contributed by atoms with van der Waals surface area (Å²) in [6.07, 6.45) is 3.28. The summed E-state index contributed by atoms with van der Waals surface area (Å²) in [6, 6.07) is 12.2. The number of pyridine rings is 2. The molecule has 34 heavy (non-hydrogen) atoms. The smallest absolute Gasteiger partial charge is 0.341 e. The van der Waals surface area contributed by atoms with Crippen LogP contribution < -0.4 is 21.3 Å². The van der Waals surface area contributed by atoms with E-state index in [2.05, 4.69) is 10.3 Å². The molecule has 9 heteroatoms. The molecule has 2 aromatic heterocycles. The van der Waals surface area contributed by atoms with Gasteiger partial charge in [-0.25, -0.2) is 4.79 Å². The lowest BCUT2D eigenvalue weighted by Gasteiger charge is -2.35. The molecule has 5 rings (SSSR count). The molecule has 172 valence electrons. The molecule has 1 atom stereocenters. The number of hydrogen-bond acceptors (Lipinski definition) is 7. The Morgan fingerprint density at radius 1 is 1.21 bits per heavy atom. The molecule has 0 radical (unpaired) electrons. The van der Waals surface area contributed by atoms with Gasteiger partial charge in [0.05, 0.1) is 18.7 Å². The van der Waals surface area contributed by atoms with Crippen LogP contribution in [0.25, 0.3) is 0 Å². The molecule has 3 aromatic rings. The van der Waals surface area contributed by atoms with Crippen molar-refractivity contribution in [2.75, 3.05) is 11.9 Å². The monoisotopic (exact) mass is 458 g/mol. The minimum Gasteiger partial charge on any atom is -0.462 e. The maximum Gasteiger partial charge on any atom is 0.341 e. The van der Waals surface area contributed by atoms with Crippen LogP contribution in [-0.4, -0.2) is 28.0 Å². The van der Waals surface area contributed by atoms with Gasteiger partial charge in [0.1, 0.15) is 16.7 Å². The molecular weight excluding hydrogens is 436 g/mol. The lowest BCUT2D eigenvalue weighted by Crippen LogP contribution is -2.50. The third-order valence-corrected chi connectivity index (χ3v) is 6.18. The van der Waals surface area contributed by atoms with Gasteiger partial charge >= 0.3 is 5.97 Å². The van der Waals surface area contributed by atoms with Crippen LogP contribution in [0.3, 0.4) is 0 Å². The third kappa shape index (κ3) is 2.93. The molecule has 2 aliphatic heterocycles. The first-order valence-electron chi connectivity index (χ1n) is 10.8. The fraction of sp³-hybridized carbons (Fsp3) is 0.200. The Balaban J connectivity index is 1.84. The van der Waals surface area contributed by atoms with Crippen molar-refractivity contribution in [2.45, 2.75) is 25.8 Å². The minimum atomic E-state index is -1.81. The molecule has 4 heterocycles. The van der Waals surface area contributed by atoms with Crippen LogP contribution in [0.15, 0.2) is 71.1 Å². The van der Waals surface area contributed by atoms with E-state index in [4.69, 9.17) is 15.2 Å². The number of benzene rings is 1. The van der Waals surface area contributed by atoms with Crippen LogP contribution in [-0.2, 0) is 26.3 Å². The Labute approximate surface area is 194 Å². The first-order chi connectivity index (χ1) is 16.4. The number of carbonyl (C=O) groups is 2. The number of nitrogens with one attached hydrogen (secondary N) is 1. The Hall–Kier alpha value is -4.40. The summed E-state index contributed by atoms with van der Waals surface area (Å²) in [5, 5.41) is 2.81. The first-order valence-corrected chi connectivity index (χ1v) is 10.8. The molecular formula is C25H22N4O5. The molecule has 0 fully saturated rings. The average molecular weight is 458 g/mol. The average Bonchev–Trinajstić information content (AvgIpc) is 3.09. The summed E-state index contributed by atoms with van der Waals surface area (Å²) in [7, 11) is 0. The number of hydrogen-bond donors (Lipinski definition) is 2. The van der Waals surface area contributed by atoms with Gasteiger partial charge in [-0.2, -0.15) is 0 Å². The van der Waals surface area contributed by atoms with E-state index in [0.29, 0.717) is 16.9 Å². The number of esters is 1. The summed E-state index contributed by atoms with van der Waals surface area (Å²) < 4.78 is 12.6. The van der Waals surface area contributed by atoms with Crippen molar-refractivity contribution in [1.82, 2.24) is 9.55 Å². The zero-order valence-electron chi connectivity index (χ0n) is 18.6. The minimum absolute atomic E-state index is 0.0202. The predicted octanol–water partition coefficient (Wildman–Crippen LogP) is 1.96. The van der Waals surface area contributed by atoms with Gasteiger partial charge < -0.3 is 25.1 Å². The predicted molar refractivity (Wildman–Crippen MR) is 123 cm³/mol. The largest absolute Gasteiger partial charge is 0.462 e. The van der Waals surface area contributed by atoms with E-state index in [1.54, 1.807) is 68.7 Å². The van der Waals surface area contributed by atoms with Gasteiger partial charge in [0.2, 0.25) is 11.8 Å². The van der Waals surface area contributed by atoms with Gasteiger partial charge in [0, 0.05) is 35.4 Å². The fourth-order valence-electron chi connectivity index (χ4n) is 4.72. The third-order valence-electron chi connectivity index (χ3n) is 6.18. The van der Waals surface area contributed by atoms with Crippen molar-refractivity contribution in [2.24, 2.45) is 5.73 Å². The summed E-state index contributed by atoms with van der Waals surface area (Å²) >= 11 is 0. The number of carbonyl (C=O) groups excluding carboxylic acids is 2. The van der Waals surface area contributed by atoms with Crippen molar-refractivity contribution >= 4 is 17.6 Å². The number of para-hydroxylation sites is 1. The van der Waals surface area contributed by atoms with Crippen molar-refractivity contribution in [3.8, 4) is 5.75 Å². The van der Waals surface area contributed by atoms with Crippen molar-refractivity contribution in [3.63, 3.8) is 0 Å². The number of rotatable bonds is 4. The lowest BCUT2D eigenvalue weighted by atomic mass is 9.68. The topological polar surface area (TPSA) is 126 Å². The van der Waals surface area contributed by atoms with Crippen LogP contribution in [0.4, 0.5) is 5.69 Å². The Kier molecular flexibility index (Phi) is 4.97. The van der Waals surface area contributed by atoms with Gasteiger partial charge in [-0.3, -0.25) is 14.6 Å². The maximum atomic E-state index is 14.1. The zero-order valence-corrected chi connectivity index (χ0v) is 18.6. The van der Waals surface area contributed by atoms with Crippen LogP contribution in [0.5, 0.6) is 5.75 Å². The van der Waals surface area contributed by atoms with E-state index in [-0.39, 0.29) is 35.9 Å². The van der Waals surface area contributed by atoms with Crippen molar-refractivity contribution in [3.05, 3.63) is 99.1 Å². The van der Waals surface area contributed by atoms with E-state index < -0.39 is 22.9 Å². The van der Waals surface area contributed by atoms with E-state index >= 15 is 0 Å². The van der Waals surface area contributed by atoms with Crippen LogP contribution in [0.1, 0.15) is 29.3 Å². The highest BCUT2D eigenvalue weighted by Crippen LogP contribution is 2.52. The summed E-state index contributed by atoms with van der Waals surface area (Å²) in [5.74, 6) is -1.53. The highest BCUT2D eigenvalue weighted by Gasteiger charge is 2.60. The van der Waals surface area contributed by atoms with Crippen LogP contribution in [0.2, 0.25) is 0 Å². The lowest BCUT2D eigenvalue weighted by molar-refractivity contribution is -0.140. The number of aryl methyl sites for hydroxylation is 1. The van der Waals surface area contributed by atoms with Gasteiger partial charge in [0.25, 0.3) is 5.56 Å². The van der Waals surface area contributed by atoms with Gasteiger partial charge in [-0.05, 0) is 37.6 Å². The molecule has 2 aliphatic rings. The Morgan fingerprint density at radius 3 is 2.68 bits per heavy atom. The SMILES string of the molecule is CCOC(=O)C1=C(N)Oc2cc(C)n(Cc3ccncc3)c(=O)c2C12C(=O)Nc1ccccc12. The van der Waals surface area contributed by atoms with Gasteiger partial charge in [-0.15, -0.1) is 0 Å². The molecule has 0 aliphatic carbocycles. The van der Waals surface area contributed by atoms with Crippen LogP contribution >= 0.6 is 0 Å². The highest BCUT2D eigenvalue weighted by molar-refractivity contribution is 6.17. The van der Waals surface area contributed by atoms with Crippen molar-refractivity contribution in [1.29, 1.82) is 0 Å². The second-order valence-corrected chi connectivity index (χ2v) is 8.08. The number of ether oxygens (including phenoxy) is 2. The standard InChI is InChI=1S/C25H22N4O5/c1-3-33-23(31)20-21(26)34-18-12-14(2)29(13-15-8-10-27-11-9-15)22(30)19(18)25(20)16-6-4-5-7-17(16)28-24(25)32/h4-12H,3,13,26H2,1-2H3,(H,28,32). The second-order valence-electron chi connectivity index (χ2n) is 8.08. The number of nitrogens with zero attached hydrogens (tertiary/aromatic N) is 2. The first kappa shape index (κ1) is 21.4. The number of amides is 1. The Morgan fingerprint density at radius 2 is 1.94 bits per heavy atom. The van der Waals surface area contributed by atoms with E-state index in [9.17, 15) is 14.4 Å². The Bertz CT molecular complexity index is 1430. The highest BCUT2D eigenvalue weighted by atomic mass is 16.5. The zero-order chi connectivity index (χ0) is 24.0. The molecule has 3 N–H and O–H groups in total. The number of fused-ring (bicyclic) bond motifs is 4. The molecule has 0 saturated heterocycles. The summed E-state index contributed by atoms with van der Waals surface area (Å²) in [6.45, 7) is 3.71. The van der Waals surface area contributed by atoms with Crippen molar-refractivity contribution < 1.29 is 19.1 Å². The summed E-state index contributed by atoms with van der Waals surface area (Å²) in [4.78, 5) is 45.0. The number of aromatic nitrogens is 2.